The van der Waals surface area contributed by atoms with E-state index in [0.717, 1.165) is 0 Å². The zero-order chi connectivity index (χ0) is 17.7. The van der Waals surface area contributed by atoms with E-state index >= 15 is 0 Å². The highest BCUT2D eigenvalue weighted by molar-refractivity contribution is 6.44. The third kappa shape index (κ3) is 4.23. The highest BCUT2D eigenvalue weighted by Gasteiger charge is 2.16. The first-order valence-corrected chi connectivity index (χ1v) is 7.14. The molecule has 0 atom stereocenters. The molecular formula is C16H14ClN3O4. The SMILES string of the molecule is COc1ccc(Cl)cc1NC(=O)C(=O)Nc1ccc(C(N)=O)cc1. The zero-order valence-corrected chi connectivity index (χ0v) is 13.4. The van der Waals surface area contributed by atoms with Crippen LogP contribution in [0.1, 0.15) is 10.4 Å². The lowest BCUT2D eigenvalue weighted by Crippen LogP contribution is -2.29. The number of carbonyl (C=O) groups is 3. The second-order valence-corrected chi connectivity index (χ2v) is 5.13. The summed E-state index contributed by atoms with van der Waals surface area (Å²) in [5.74, 6) is -2.00. The number of methoxy groups -OCH3 is 1. The number of hydrogen-bond acceptors (Lipinski definition) is 4. The van der Waals surface area contributed by atoms with Crippen LogP contribution < -0.4 is 21.1 Å². The average Bonchev–Trinajstić information content (AvgIpc) is 2.55. The van der Waals surface area contributed by atoms with Crippen molar-refractivity contribution in [1.82, 2.24) is 0 Å². The molecule has 0 saturated carbocycles. The molecule has 0 radical (unpaired) electrons. The van der Waals surface area contributed by atoms with E-state index in [9.17, 15) is 14.4 Å². The molecule has 24 heavy (non-hydrogen) atoms. The fraction of sp³-hybridized carbons (Fsp3) is 0.0625. The predicted octanol–water partition coefficient (Wildman–Crippen LogP) is 2.02. The maximum atomic E-state index is 12.0. The van der Waals surface area contributed by atoms with Gasteiger partial charge in [0.05, 0.1) is 12.8 Å². The van der Waals surface area contributed by atoms with Gasteiger partial charge < -0.3 is 21.1 Å². The van der Waals surface area contributed by atoms with Crippen molar-refractivity contribution in [3.63, 3.8) is 0 Å². The van der Waals surface area contributed by atoms with Crippen LogP contribution in [0.25, 0.3) is 0 Å². The molecule has 0 fully saturated rings. The lowest BCUT2D eigenvalue weighted by molar-refractivity contribution is -0.133. The molecule has 0 aliphatic rings. The zero-order valence-electron chi connectivity index (χ0n) is 12.6. The molecule has 2 aromatic rings. The molecule has 0 unspecified atom stereocenters. The van der Waals surface area contributed by atoms with Crippen LogP contribution in [0.5, 0.6) is 5.75 Å². The van der Waals surface area contributed by atoms with Crippen LogP contribution in [-0.4, -0.2) is 24.8 Å². The number of rotatable bonds is 4. The van der Waals surface area contributed by atoms with Gasteiger partial charge in [0, 0.05) is 16.3 Å². The van der Waals surface area contributed by atoms with E-state index < -0.39 is 17.7 Å². The molecule has 0 bridgehead atoms. The summed E-state index contributed by atoms with van der Waals surface area (Å²) < 4.78 is 5.09. The highest BCUT2D eigenvalue weighted by atomic mass is 35.5. The number of ether oxygens (including phenoxy) is 1. The molecule has 0 aliphatic carbocycles. The summed E-state index contributed by atoms with van der Waals surface area (Å²) in [5, 5.41) is 5.20. The number of anilines is 2. The van der Waals surface area contributed by atoms with Crippen molar-refractivity contribution in [2.24, 2.45) is 5.73 Å². The summed E-state index contributed by atoms with van der Waals surface area (Å²) in [6, 6.07) is 10.4. The third-order valence-corrected chi connectivity index (χ3v) is 3.28. The van der Waals surface area contributed by atoms with E-state index in [-0.39, 0.29) is 5.69 Å². The fourth-order valence-corrected chi connectivity index (χ4v) is 2.03. The molecule has 0 heterocycles. The Hall–Kier alpha value is -3.06. The van der Waals surface area contributed by atoms with Gasteiger partial charge in [0.1, 0.15) is 5.75 Å². The Kier molecular flexibility index (Phi) is 5.39. The van der Waals surface area contributed by atoms with Crippen molar-refractivity contribution in [1.29, 1.82) is 0 Å². The molecule has 7 nitrogen and oxygen atoms in total. The molecule has 0 aliphatic heterocycles. The fourth-order valence-electron chi connectivity index (χ4n) is 1.86. The number of nitrogens with two attached hydrogens (primary N) is 1. The summed E-state index contributed by atoms with van der Waals surface area (Å²) in [4.78, 5) is 34.9. The molecule has 4 N–H and O–H groups in total. The van der Waals surface area contributed by atoms with E-state index in [0.29, 0.717) is 22.0 Å². The van der Waals surface area contributed by atoms with E-state index in [1.54, 1.807) is 12.1 Å². The first kappa shape index (κ1) is 17.3. The van der Waals surface area contributed by atoms with Gasteiger partial charge in [-0.2, -0.15) is 0 Å². The number of hydrogen-bond donors (Lipinski definition) is 3. The second-order valence-electron chi connectivity index (χ2n) is 4.69. The van der Waals surface area contributed by atoms with Crippen molar-refractivity contribution >= 4 is 40.7 Å². The van der Waals surface area contributed by atoms with Gasteiger partial charge in [-0.1, -0.05) is 11.6 Å². The lowest BCUT2D eigenvalue weighted by Gasteiger charge is -2.10. The topological polar surface area (TPSA) is 111 Å². The Bertz CT molecular complexity index is 790. The van der Waals surface area contributed by atoms with Gasteiger partial charge in [-0.15, -0.1) is 0 Å². The van der Waals surface area contributed by atoms with E-state index in [1.807, 2.05) is 0 Å². The molecule has 0 saturated heterocycles. The largest absolute Gasteiger partial charge is 0.495 e. The van der Waals surface area contributed by atoms with Crippen molar-refractivity contribution in [3.8, 4) is 5.75 Å². The molecule has 8 heteroatoms. The number of nitrogens with one attached hydrogen (secondary N) is 2. The maximum absolute atomic E-state index is 12.0. The minimum Gasteiger partial charge on any atom is -0.495 e. The predicted molar refractivity (Wildman–Crippen MR) is 90.2 cm³/mol. The van der Waals surface area contributed by atoms with Crippen LogP contribution in [0, 0.1) is 0 Å². The molecule has 124 valence electrons. The standard InChI is InChI=1S/C16H14ClN3O4/c1-24-13-7-4-10(17)8-12(13)20-16(23)15(22)19-11-5-2-9(3-6-11)14(18)21/h2-8H,1H3,(H2,18,21)(H,19,22)(H,20,23). The van der Waals surface area contributed by atoms with Gasteiger partial charge in [0.15, 0.2) is 0 Å². The van der Waals surface area contributed by atoms with Gasteiger partial charge in [-0.3, -0.25) is 14.4 Å². The number of halogens is 1. The quantitative estimate of drug-likeness (QED) is 0.735. The summed E-state index contributed by atoms with van der Waals surface area (Å²) >= 11 is 5.86. The minimum atomic E-state index is -0.894. The maximum Gasteiger partial charge on any atom is 0.314 e. The van der Waals surface area contributed by atoms with E-state index in [4.69, 9.17) is 22.1 Å². The monoisotopic (exact) mass is 347 g/mol. The highest BCUT2D eigenvalue weighted by Crippen LogP contribution is 2.27. The van der Waals surface area contributed by atoms with Crippen LogP contribution >= 0.6 is 11.6 Å². The molecule has 2 rings (SSSR count). The van der Waals surface area contributed by atoms with Gasteiger partial charge >= 0.3 is 11.8 Å². The average molecular weight is 348 g/mol. The summed E-state index contributed by atoms with van der Waals surface area (Å²) in [6.07, 6.45) is 0. The summed E-state index contributed by atoms with van der Waals surface area (Å²) in [5.41, 5.74) is 6.04. The number of benzene rings is 2. The van der Waals surface area contributed by atoms with Gasteiger partial charge in [0.2, 0.25) is 5.91 Å². The van der Waals surface area contributed by atoms with E-state index in [1.165, 1.54) is 37.4 Å². The Morgan fingerprint density at radius 3 is 2.21 bits per heavy atom. The Labute approximate surface area is 142 Å². The Balaban J connectivity index is 2.06. The van der Waals surface area contributed by atoms with Crippen LogP contribution in [0.4, 0.5) is 11.4 Å². The first-order valence-electron chi connectivity index (χ1n) is 6.76. The molecular weight excluding hydrogens is 334 g/mol. The minimum absolute atomic E-state index is 0.272. The van der Waals surface area contributed by atoms with Crippen LogP contribution in [0.3, 0.4) is 0 Å². The van der Waals surface area contributed by atoms with E-state index in [2.05, 4.69) is 10.6 Å². The van der Waals surface area contributed by atoms with Crippen molar-refractivity contribution in [2.75, 3.05) is 17.7 Å². The first-order chi connectivity index (χ1) is 11.4. The molecule has 3 amide bonds. The molecule has 0 aromatic heterocycles. The Morgan fingerprint density at radius 2 is 1.62 bits per heavy atom. The number of primary amides is 1. The smallest absolute Gasteiger partial charge is 0.314 e. The van der Waals surface area contributed by atoms with Gasteiger partial charge in [0.25, 0.3) is 0 Å². The Morgan fingerprint density at radius 1 is 1.00 bits per heavy atom. The summed E-state index contributed by atoms with van der Waals surface area (Å²) in [6.45, 7) is 0. The van der Waals surface area contributed by atoms with Crippen LogP contribution in [-0.2, 0) is 9.59 Å². The number of amides is 3. The van der Waals surface area contributed by atoms with Gasteiger partial charge in [-0.25, -0.2) is 0 Å². The summed E-state index contributed by atoms with van der Waals surface area (Å²) in [7, 11) is 1.43. The van der Waals surface area contributed by atoms with Crippen LogP contribution in [0.2, 0.25) is 5.02 Å². The van der Waals surface area contributed by atoms with Crippen molar-refractivity contribution < 1.29 is 19.1 Å². The van der Waals surface area contributed by atoms with Crippen molar-refractivity contribution in [2.45, 2.75) is 0 Å². The number of carbonyl (C=O) groups excluding carboxylic acids is 3. The second kappa shape index (κ2) is 7.47. The third-order valence-electron chi connectivity index (χ3n) is 3.04. The van der Waals surface area contributed by atoms with Crippen molar-refractivity contribution in [3.05, 3.63) is 53.1 Å². The molecule has 0 spiro atoms. The molecule has 2 aromatic carbocycles. The van der Waals surface area contributed by atoms with Crippen LogP contribution in [0.15, 0.2) is 42.5 Å². The lowest BCUT2D eigenvalue weighted by atomic mass is 10.2. The van der Waals surface area contributed by atoms with Gasteiger partial charge in [-0.05, 0) is 42.5 Å². The normalized spacial score (nSPS) is 9.92.